The predicted octanol–water partition coefficient (Wildman–Crippen LogP) is 1.06. The standard InChI is InChI=1S/C19H30N3O9P/c1-5-12(16(24)29-11(2)3)7-9-27-32(26)28-10-13-15(31-32)19(4,20)17(30-13)22-8-6-14(23)21-18(22)25/h6,8,11-13,15,17H,5,7,9-10,20H2,1-4H3,(H,21,23,25)/t12?,13-,15-,17-,19-,32-/m1/s1. The van der Waals surface area contributed by atoms with Gasteiger partial charge in [-0.15, -0.1) is 0 Å². The molecule has 12 nitrogen and oxygen atoms in total. The van der Waals surface area contributed by atoms with Gasteiger partial charge in [-0.05, 0) is 33.6 Å². The van der Waals surface area contributed by atoms with Gasteiger partial charge in [-0.2, -0.15) is 0 Å². The summed E-state index contributed by atoms with van der Waals surface area (Å²) in [6.07, 6.45) is -0.749. The zero-order valence-corrected chi connectivity index (χ0v) is 19.4. The molecule has 0 saturated carbocycles. The van der Waals surface area contributed by atoms with Gasteiger partial charge in [0.25, 0.3) is 5.56 Å². The van der Waals surface area contributed by atoms with Crippen LogP contribution in [0.3, 0.4) is 0 Å². The number of aromatic nitrogens is 2. The van der Waals surface area contributed by atoms with Gasteiger partial charge in [0.2, 0.25) is 0 Å². The molecular formula is C19H30N3O9P. The Morgan fingerprint density at radius 3 is 2.78 bits per heavy atom. The molecule has 32 heavy (non-hydrogen) atoms. The zero-order chi connectivity index (χ0) is 23.7. The first-order valence-electron chi connectivity index (χ1n) is 10.5. The first-order valence-corrected chi connectivity index (χ1v) is 12.0. The normalized spacial score (nSPS) is 33.1. The molecule has 0 aromatic carbocycles. The van der Waals surface area contributed by atoms with Crippen LogP contribution in [0.1, 0.15) is 46.8 Å². The van der Waals surface area contributed by atoms with Crippen LogP contribution in [-0.2, 0) is 32.4 Å². The molecule has 3 heterocycles. The van der Waals surface area contributed by atoms with E-state index < -0.39 is 49.0 Å². The van der Waals surface area contributed by atoms with E-state index in [2.05, 4.69) is 4.98 Å². The van der Waals surface area contributed by atoms with Gasteiger partial charge in [-0.3, -0.25) is 32.7 Å². The summed E-state index contributed by atoms with van der Waals surface area (Å²) in [5, 5.41) is 0. The van der Waals surface area contributed by atoms with Crippen molar-refractivity contribution in [3.63, 3.8) is 0 Å². The van der Waals surface area contributed by atoms with E-state index >= 15 is 0 Å². The monoisotopic (exact) mass is 475 g/mol. The lowest BCUT2D eigenvalue weighted by Gasteiger charge is -2.35. The quantitative estimate of drug-likeness (QED) is 0.411. The third-order valence-electron chi connectivity index (χ3n) is 5.42. The van der Waals surface area contributed by atoms with Gasteiger partial charge in [0, 0.05) is 12.3 Å². The first kappa shape index (κ1) is 24.8. The Morgan fingerprint density at radius 2 is 2.16 bits per heavy atom. The number of H-pyrrole nitrogens is 1. The summed E-state index contributed by atoms with van der Waals surface area (Å²) in [4.78, 5) is 37.8. The van der Waals surface area contributed by atoms with Crippen LogP contribution in [-0.4, -0.2) is 52.6 Å². The maximum absolute atomic E-state index is 13.0. The second-order valence-corrected chi connectivity index (χ2v) is 10.0. The number of carbonyl (C=O) groups is 1. The Balaban J connectivity index is 1.66. The van der Waals surface area contributed by atoms with Gasteiger partial charge in [-0.1, -0.05) is 6.92 Å². The molecule has 1 aromatic rings. The van der Waals surface area contributed by atoms with E-state index in [1.165, 1.54) is 12.3 Å². The van der Waals surface area contributed by atoms with Crippen LogP contribution in [0, 0.1) is 5.92 Å². The number of aromatic amines is 1. The summed E-state index contributed by atoms with van der Waals surface area (Å²) < 4.78 is 41.6. The van der Waals surface area contributed by atoms with Crippen LogP contribution in [0.4, 0.5) is 0 Å². The molecule has 1 aromatic heterocycles. The molecule has 2 saturated heterocycles. The average molecular weight is 475 g/mol. The van der Waals surface area contributed by atoms with Gasteiger partial charge in [0.05, 0.1) is 30.8 Å². The smallest absolute Gasteiger partial charge is 0.463 e. The number of nitrogens with two attached hydrogens (primary N) is 1. The van der Waals surface area contributed by atoms with E-state index in [1.807, 2.05) is 6.92 Å². The molecule has 0 radical (unpaired) electrons. The summed E-state index contributed by atoms with van der Waals surface area (Å²) in [7, 11) is -3.98. The lowest BCUT2D eigenvalue weighted by Crippen LogP contribution is -2.55. The van der Waals surface area contributed by atoms with Crippen molar-refractivity contribution in [1.82, 2.24) is 9.55 Å². The number of hydrogen-bond acceptors (Lipinski definition) is 10. The lowest BCUT2D eigenvalue weighted by atomic mass is 9.93. The highest BCUT2D eigenvalue weighted by Gasteiger charge is 2.59. The third kappa shape index (κ3) is 5.22. The Hall–Kier alpha value is -1.82. The Kier molecular flexibility index (Phi) is 7.43. The van der Waals surface area contributed by atoms with Crippen molar-refractivity contribution >= 4 is 13.8 Å². The molecule has 2 aliphatic heterocycles. The van der Waals surface area contributed by atoms with Gasteiger partial charge in [-0.25, -0.2) is 9.36 Å². The molecule has 3 rings (SSSR count). The number of rotatable bonds is 8. The highest BCUT2D eigenvalue weighted by Crippen LogP contribution is 2.58. The number of fused-ring (bicyclic) bond motifs is 1. The van der Waals surface area contributed by atoms with Crippen molar-refractivity contribution in [3.05, 3.63) is 33.1 Å². The van der Waals surface area contributed by atoms with Crippen molar-refractivity contribution < 1.29 is 32.4 Å². The predicted molar refractivity (Wildman–Crippen MR) is 112 cm³/mol. The fourth-order valence-electron chi connectivity index (χ4n) is 3.74. The maximum atomic E-state index is 13.0. The lowest BCUT2D eigenvalue weighted by molar-refractivity contribution is -0.153. The van der Waals surface area contributed by atoms with Crippen molar-refractivity contribution in [1.29, 1.82) is 0 Å². The van der Waals surface area contributed by atoms with Gasteiger partial charge < -0.3 is 15.2 Å². The Bertz CT molecular complexity index is 989. The minimum Gasteiger partial charge on any atom is -0.463 e. The van der Waals surface area contributed by atoms with Crippen LogP contribution in [0.15, 0.2) is 21.9 Å². The zero-order valence-electron chi connectivity index (χ0n) is 18.5. The molecule has 180 valence electrons. The summed E-state index contributed by atoms with van der Waals surface area (Å²) >= 11 is 0. The number of nitrogens with zero attached hydrogens (tertiary/aromatic N) is 1. The van der Waals surface area contributed by atoms with Crippen LogP contribution in [0.2, 0.25) is 0 Å². The number of ether oxygens (including phenoxy) is 2. The molecule has 0 aliphatic carbocycles. The number of nitrogens with one attached hydrogen (secondary N) is 1. The second kappa shape index (κ2) is 9.58. The minimum atomic E-state index is -3.98. The number of hydrogen-bond donors (Lipinski definition) is 2. The average Bonchev–Trinajstić information content (AvgIpc) is 2.95. The van der Waals surface area contributed by atoms with Crippen molar-refractivity contribution in [3.8, 4) is 0 Å². The molecule has 1 unspecified atom stereocenters. The van der Waals surface area contributed by atoms with Gasteiger partial charge in [0.15, 0.2) is 6.23 Å². The molecule has 0 bridgehead atoms. The molecule has 13 heteroatoms. The van der Waals surface area contributed by atoms with Crippen LogP contribution in [0.25, 0.3) is 0 Å². The van der Waals surface area contributed by atoms with E-state index in [-0.39, 0.29) is 31.7 Å². The van der Waals surface area contributed by atoms with E-state index in [9.17, 15) is 18.9 Å². The van der Waals surface area contributed by atoms with Crippen molar-refractivity contribution in [2.24, 2.45) is 11.7 Å². The van der Waals surface area contributed by atoms with E-state index in [0.717, 1.165) is 4.57 Å². The summed E-state index contributed by atoms with van der Waals surface area (Å²) in [5.74, 6) is -0.754. The van der Waals surface area contributed by atoms with Crippen LogP contribution in [0.5, 0.6) is 0 Å². The molecule has 0 spiro atoms. The van der Waals surface area contributed by atoms with Crippen molar-refractivity contribution in [2.45, 2.75) is 70.6 Å². The minimum absolute atomic E-state index is 0.0503. The van der Waals surface area contributed by atoms with E-state index in [4.69, 9.17) is 28.8 Å². The Labute approximate surface area is 184 Å². The highest BCUT2D eigenvalue weighted by atomic mass is 31.2. The first-order chi connectivity index (χ1) is 15.0. The summed E-state index contributed by atoms with van der Waals surface area (Å²) in [6.45, 7) is 6.79. The second-order valence-electron chi connectivity index (χ2n) is 8.39. The van der Waals surface area contributed by atoms with Gasteiger partial charge in [0.1, 0.15) is 12.2 Å². The van der Waals surface area contributed by atoms with Crippen LogP contribution < -0.4 is 17.0 Å². The number of esters is 1. The number of carbonyl (C=O) groups excluding carboxylic acids is 1. The molecule has 0 amide bonds. The van der Waals surface area contributed by atoms with E-state index in [1.54, 1.807) is 20.8 Å². The van der Waals surface area contributed by atoms with E-state index in [0.29, 0.717) is 6.42 Å². The SMILES string of the molecule is CCC(CCO[P@]1(=O)OC[C@H]2O[C@@H](n3ccc(=O)[nH]c3=O)[C@](C)(N)[C@@H]2O1)C(=O)OC(C)C. The summed E-state index contributed by atoms with van der Waals surface area (Å²) in [6, 6.07) is 1.17. The number of phosphoric ester groups is 1. The molecule has 2 aliphatic rings. The molecule has 2 fully saturated rings. The fraction of sp³-hybridized carbons (Fsp3) is 0.737. The molecule has 6 atom stereocenters. The third-order valence-corrected chi connectivity index (χ3v) is 6.87. The largest absolute Gasteiger partial charge is 0.475 e. The molecule has 3 N–H and O–H groups in total. The highest BCUT2D eigenvalue weighted by molar-refractivity contribution is 7.48. The fourth-order valence-corrected chi connectivity index (χ4v) is 5.23. The number of phosphoric acid groups is 1. The Morgan fingerprint density at radius 1 is 1.44 bits per heavy atom. The molecular weight excluding hydrogens is 445 g/mol. The topological polar surface area (TPSA) is 161 Å². The van der Waals surface area contributed by atoms with Crippen molar-refractivity contribution in [2.75, 3.05) is 13.2 Å². The summed E-state index contributed by atoms with van der Waals surface area (Å²) in [5.41, 5.74) is 3.88. The maximum Gasteiger partial charge on any atom is 0.475 e. The van der Waals surface area contributed by atoms with Crippen LogP contribution >= 0.6 is 7.82 Å². The van der Waals surface area contributed by atoms with Gasteiger partial charge >= 0.3 is 19.5 Å².